The summed E-state index contributed by atoms with van der Waals surface area (Å²) in [6, 6.07) is 14.3. The maximum absolute atomic E-state index is 13.8. The SMILES string of the molecule is O=C(COc1ccc([C@H]2c3sc(=O)[nH]c3SC3C(=O)N(c4ccc(Br)cc4)C(=O)C32)cc1)N1CCCCC1. The molecule has 2 aromatic carbocycles. The van der Waals surface area contributed by atoms with Gasteiger partial charge < -0.3 is 14.6 Å². The van der Waals surface area contributed by atoms with Crippen molar-refractivity contribution in [1.82, 2.24) is 9.88 Å². The molecule has 1 N–H and O–H groups in total. The lowest BCUT2D eigenvalue weighted by molar-refractivity contribution is -0.134. The third kappa shape index (κ3) is 4.60. The van der Waals surface area contributed by atoms with Gasteiger partial charge in [0.25, 0.3) is 5.91 Å². The quantitative estimate of drug-likeness (QED) is 0.429. The zero-order valence-electron chi connectivity index (χ0n) is 20.2. The maximum Gasteiger partial charge on any atom is 0.305 e. The summed E-state index contributed by atoms with van der Waals surface area (Å²) < 4.78 is 6.62. The Labute approximate surface area is 235 Å². The average Bonchev–Trinajstić information content (AvgIpc) is 3.43. The number of thiazole rings is 1. The van der Waals surface area contributed by atoms with Crippen LogP contribution < -0.4 is 14.5 Å². The first-order valence-electron chi connectivity index (χ1n) is 12.4. The topological polar surface area (TPSA) is 99.8 Å². The minimum atomic E-state index is -0.650. The number of benzene rings is 2. The number of H-pyrrole nitrogens is 1. The highest BCUT2D eigenvalue weighted by atomic mass is 79.9. The Morgan fingerprint density at radius 1 is 0.974 bits per heavy atom. The van der Waals surface area contributed by atoms with Crippen LogP contribution >= 0.6 is 39.0 Å². The number of ether oxygens (including phenoxy) is 1. The molecule has 0 radical (unpaired) electrons. The van der Waals surface area contributed by atoms with Crippen molar-refractivity contribution in [3.05, 3.63) is 73.1 Å². The molecule has 196 valence electrons. The van der Waals surface area contributed by atoms with E-state index in [0.717, 1.165) is 58.6 Å². The van der Waals surface area contributed by atoms with Gasteiger partial charge in [-0.1, -0.05) is 51.2 Å². The first-order valence-corrected chi connectivity index (χ1v) is 14.9. The lowest BCUT2D eigenvalue weighted by atomic mass is 9.83. The summed E-state index contributed by atoms with van der Waals surface area (Å²) in [6.07, 6.45) is 3.20. The fourth-order valence-electron chi connectivity index (χ4n) is 5.37. The van der Waals surface area contributed by atoms with E-state index in [0.29, 0.717) is 16.5 Å². The number of hydrogen-bond donors (Lipinski definition) is 1. The number of piperidine rings is 1. The average molecular weight is 615 g/mol. The molecule has 0 spiro atoms. The second-order valence-corrected chi connectivity index (χ2v) is 12.6. The lowest BCUT2D eigenvalue weighted by Gasteiger charge is -2.30. The summed E-state index contributed by atoms with van der Waals surface area (Å²) >= 11 is 5.73. The fraction of sp³-hybridized carbons (Fsp3) is 0.333. The summed E-state index contributed by atoms with van der Waals surface area (Å²) in [7, 11) is 0. The number of carbonyl (C=O) groups is 3. The smallest absolute Gasteiger partial charge is 0.305 e. The predicted molar refractivity (Wildman–Crippen MR) is 149 cm³/mol. The number of likely N-dealkylation sites (tertiary alicyclic amines) is 1. The van der Waals surface area contributed by atoms with E-state index >= 15 is 0 Å². The van der Waals surface area contributed by atoms with Gasteiger partial charge in [-0.05, 0) is 61.2 Å². The first-order chi connectivity index (χ1) is 18.4. The number of nitrogens with one attached hydrogen (secondary N) is 1. The third-order valence-corrected chi connectivity index (χ3v) is 10.1. The number of aromatic nitrogens is 1. The number of halogens is 1. The lowest BCUT2D eigenvalue weighted by Crippen LogP contribution is -2.38. The van der Waals surface area contributed by atoms with Gasteiger partial charge >= 0.3 is 4.87 Å². The highest BCUT2D eigenvalue weighted by Crippen LogP contribution is 2.53. The van der Waals surface area contributed by atoms with Crippen molar-refractivity contribution < 1.29 is 19.1 Å². The summed E-state index contributed by atoms with van der Waals surface area (Å²) in [5.41, 5.74) is 1.33. The van der Waals surface area contributed by atoms with Gasteiger partial charge in [-0.25, -0.2) is 4.90 Å². The molecule has 2 saturated heterocycles. The van der Waals surface area contributed by atoms with Gasteiger partial charge in [-0.15, -0.1) is 0 Å². The van der Waals surface area contributed by atoms with Crippen molar-refractivity contribution in [2.24, 2.45) is 5.92 Å². The number of aromatic amines is 1. The molecule has 0 bridgehead atoms. The number of anilines is 1. The molecule has 1 aromatic heterocycles. The number of imide groups is 1. The van der Waals surface area contributed by atoms with Gasteiger partial charge in [-0.2, -0.15) is 0 Å². The molecule has 2 fully saturated rings. The van der Waals surface area contributed by atoms with E-state index in [1.807, 2.05) is 17.0 Å². The molecular formula is C27H24BrN3O5S2. The van der Waals surface area contributed by atoms with Crippen molar-refractivity contribution in [2.75, 3.05) is 24.6 Å². The molecule has 6 rings (SSSR count). The van der Waals surface area contributed by atoms with Crippen LogP contribution in [-0.2, 0) is 14.4 Å². The minimum absolute atomic E-state index is 0.0224. The summed E-state index contributed by atoms with van der Waals surface area (Å²) in [5, 5.41) is -0.00972. The van der Waals surface area contributed by atoms with Crippen molar-refractivity contribution in [3.63, 3.8) is 0 Å². The van der Waals surface area contributed by atoms with Crippen LogP contribution in [0.4, 0.5) is 5.69 Å². The molecule has 38 heavy (non-hydrogen) atoms. The number of amides is 3. The van der Waals surface area contributed by atoms with E-state index in [2.05, 4.69) is 20.9 Å². The zero-order chi connectivity index (χ0) is 26.4. The minimum Gasteiger partial charge on any atom is -0.484 e. The normalized spacial score (nSPS) is 22.8. The number of fused-ring (bicyclic) bond motifs is 2. The standard InChI is InChI=1S/C27H24BrN3O5S2/c28-16-6-8-17(9-7-16)31-25(33)21-20(22-24(29-27(35)38-22)37-23(21)26(31)34)15-4-10-18(11-5-15)36-14-19(32)30-12-2-1-3-13-30/h4-11,20-21,23H,1-3,12-14H2,(H,29,35)/t20-,21?,23?/m1/s1. The maximum atomic E-state index is 13.8. The Bertz CT molecular complexity index is 1450. The van der Waals surface area contributed by atoms with Crippen LogP contribution in [0.25, 0.3) is 0 Å². The number of carbonyl (C=O) groups excluding carboxylic acids is 3. The molecule has 8 nitrogen and oxygen atoms in total. The highest BCUT2D eigenvalue weighted by Gasteiger charge is 2.56. The highest BCUT2D eigenvalue weighted by molar-refractivity contribution is 9.10. The molecular weight excluding hydrogens is 590 g/mol. The second kappa shape index (κ2) is 10.3. The zero-order valence-corrected chi connectivity index (χ0v) is 23.4. The van der Waals surface area contributed by atoms with E-state index in [-0.39, 0.29) is 29.2 Å². The van der Waals surface area contributed by atoms with Gasteiger partial charge in [0, 0.05) is 28.4 Å². The van der Waals surface area contributed by atoms with Crippen LogP contribution in [0.1, 0.15) is 35.6 Å². The molecule has 3 aliphatic rings. The molecule has 11 heteroatoms. The van der Waals surface area contributed by atoms with Crippen LogP contribution in [0, 0.1) is 5.92 Å². The van der Waals surface area contributed by atoms with Crippen LogP contribution in [0.5, 0.6) is 5.75 Å². The molecule has 3 aromatic rings. The number of hydrogen-bond acceptors (Lipinski definition) is 7. The Morgan fingerprint density at radius 3 is 2.39 bits per heavy atom. The van der Waals surface area contributed by atoms with Crippen molar-refractivity contribution in [2.45, 2.75) is 35.5 Å². The van der Waals surface area contributed by atoms with Crippen LogP contribution in [0.3, 0.4) is 0 Å². The Balaban J connectivity index is 1.27. The molecule has 0 saturated carbocycles. The largest absolute Gasteiger partial charge is 0.484 e. The van der Waals surface area contributed by atoms with Crippen LogP contribution in [-0.4, -0.2) is 52.6 Å². The predicted octanol–water partition coefficient (Wildman–Crippen LogP) is 4.39. The van der Waals surface area contributed by atoms with Crippen LogP contribution in [0.15, 0.2) is 62.8 Å². The Hall–Kier alpha value is -2.89. The molecule has 4 heterocycles. The van der Waals surface area contributed by atoms with Gasteiger partial charge in [0.1, 0.15) is 11.0 Å². The summed E-state index contributed by atoms with van der Waals surface area (Å²) in [4.78, 5) is 58.5. The summed E-state index contributed by atoms with van der Waals surface area (Å²) in [6.45, 7) is 1.52. The Kier molecular flexibility index (Phi) is 6.92. The number of rotatable bonds is 5. The van der Waals surface area contributed by atoms with Crippen molar-refractivity contribution >= 4 is 62.4 Å². The van der Waals surface area contributed by atoms with Crippen LogP contribution in [0.2, 0.25) is 0 Å². The van der Waals surface area contributed by atoms with Gasteiger partial charge in [0.2, 0.25) is 11.8 Å². The van der Waals surface area contributed by atoms with E-state index in [4.69, 9.17) is 4.74 Å². The van der Waals surface area contributed by atoms with E-state index in [1.165, 1.54) is 16.7 Å². The molecule has 3 amide bonds. The molecule has 0 aliphatic carbocycles. The molecule has 3 aliphatic heterocycles. The van der Waals surface area contributed by atoms with E-state index in [9.17, 15) is 19.2 Å². The van der Waals surface area contributed by atoms with Gasteiger partial charge in [0.15, 0.2) is 6.61 Å². The first kappa shape index (κ1) is 25.4. The molecule has 2 unspecified atom stereocenters. The second-order valence-electron chi connectivity index (χ2n) is 9.54. The fourth-order valence-corrected chi connectivity index (χ4v) is 8.15. The van der Waals surface area contributed by atoms with Gasteiger partial charge in [-0.3, -0.25) is 19.2 Å². The number of thioether (sulfide) groups is 1. The van der Waals surface area contributed by atoms with E-state index < -0.39 is 17.1 Å². The number of nitrogens with zero attached hydrogens (tertiary/aromatic N) is 2. The van der Waals surface area contributed by atoms with E-state index in [1.54, 1.807) is 36.4 Å². The van der Waals surface area contributed by atoms with Crippen molar-refractivity contribution in [3.8, 4) is 5.75 Å². The third-order valence-electron chi connectivity index (χ3n) is 7.22. The van der Waals surface area contributed by atoms with Gasteiger partial charge in [0.05, 0.1) is 16.6 Å². The summed E-state index contributed by atoms with van der Waals surface area (Å²) in [5.74, 6) is -1.15. The Morgan fingerprint density at radius 2 is 1.68 bits per heavy atom. The molecule has 3 atom stereocenters. The van der Waals surface area contributed by atoms with Crippen molar-refractivity contribution in [1.29, 1.82) is 0 Å². The monoisotopic (exact) mass is 613 g/mol.